The molecule has 36 heavy (non-hydrogen) atoms. The summed E-state index contributed by atoms with van der Waals surface area (Å²) in [5.41, 5.74) is 5.81. The van der Waals surface area contributed by atoms with Crippen LogP contribution in [0.5, 0.6) is 11.5 Å². The first-order valence-corrected chi connectivity index (χ1v) is 13.2. The first-order chi connectivity index (χ1) is 17.7. The van der Waals surface area contributed by atoms with Crippen LogP contribution in [0.4, 0.5) is 17.1 Å². The Labute approximate surface area is 218 Å². The molecule has 0 saturated carbocycles. The molecule has 0 bridgehead atoms. The minimum Gasteiger partial charge on any atom is -0.493 e. The van der Waals surface area contributed by atoms with Crippen LogP contribution in [-0.2, 0) is 6.42 Å². The maximum atomic E-state index is 13.4. The predicted molar refractivity (Wildman–Crippen MR) is 147 cm³/mol. The average molecular weight is 510 g/mol. The Morgan fingerprint density at radius 1 is 0.694 bits per heavy atom. The van der Waals surface area contributed by atoms with Gasteiger partial charge in [-0.2, -0.15) is 0 Å². The number of thioether (sulfide) groups is 2. The van der Waals surface area contributed by atoms with Gasteiger partial charge in [-0.3, -0.25) is 4.79 Å². The molecule has 4 aromatic rings. The molecular formula is C30H23NO3S2. The molecular weight excluding hydrogens is 486 g/mol. The third kappa shape index (κ3) is 3.96. The lowest BCUT2D eigenvalue weighted by molar-refractivity contribution is 0.103. The summed E-state index contributed by atoms with van der Waals surface area (Å²) in [6.45, 7) is 0. The van der Waals surface area contributed by atoms with Gasteiger partial charge in [0, 0.05) is 44.4 Å². The molecule has 0 amide bonds. The van der Waals surface area contributed by atoms with Gasteiger partial charge in [0.15, 0.2) is 17.3 Å². The molecule has 178 valence electrons. The summed E-state index contributed by atoms with van der Waals surface area (Å²) in [7, 11) is 3.21. The SMILES string of the molecule is COc1cc2c(cc1OC)C(=O)/C(=C1\Sc3ccc(N(c4ccccc4)c4ccccc4)cc3S1)C2. The molecule has 0 spiro atoms. The summed E-state index contributed by atoms with van der Waals surface area (Å²) in [5, 5.41) is 0. The number of carbonyl (C=O) groups excluding carboxylic acids is 1. The van der Waals surface area contributed by atoms with Gasteiger partial charge in [-0.05, 0) is 60.2 Å². The van der Waals surface area contributed by atoms with E-state index in [-0.39, 0.29) is 5.78 Å². The number of rotatable bonds is 5. The van der Waals surface area contributed by atoms with Crippen molar-refractivity contribution in [1.29, 1.82) is 0 Å². The zero-order valence-electron chi connectivity index (χ0n) is 19.9. The molecule has 0 aromatic heterocycles. The number of hydrogen-bond donors (Lipinski definition) is 0. The van der Waals surface area contributed by atoms with Crippen molar-refractivity contribution in [2.24, 2.45) is 0 Å². The number of nitrogens with zero attached hydrogens (tertiary/aromatic N) is 1. The monoisotopic (exact) mass is 509 g/mol. The molecule has 4 nitrogen and oxygen atoms in total. The molecule has 1 heterocycles. The molecule has 0 atom stereocenters. The lowest BCUT2D eigenvalue weighted by Crippen LogP contribution is -2.09. The van der Waals surface area contributed by atoms with Crippen molar-refractivity contribution in [3.63, 3.8) is 0 Å². The number of anilines is 3. The molecule has 6 rings (SSSR count). The Hall–Kier alpha value is -3.61. The van der Waals surface area contributed by atoms with E-state index in [1.54, 1.807) is 43.8 Å². The van der Waals surface area contributed by atoms with E-state index in [1.165, 1.54) is 4.90 Å². The third-order valence-electron chi connectivity index (χ3n) is 6.36. The first kappa shape index (κ1) is 22.8. The molecule has 0 saturated heterocycles. The first-order valence-electron chi connectivity index (χ1n) is 11.6. The van der Waals surface area contributed by atoms with Gasteiger partial charge in [-0.1, -0.05) is 59.9 Å². The highest BCUT2D eigenvalue weighted by molar-refractivity contribution is 8.24. The second-order valence-corrected chi connectivity index (χ2v) is 10.8. The van der Waals surface area contributed by atoms with Gasteiger partial charge >= 0.3 is 0 Å². The lowest BCUT2D eigenvalue weighted by atomic mass is 10.1. The van der Waals surface area contributed by atoms with Crippen LogP contribution in [0.25, 0.3) is 0 Å². The normalized spacial score (nSPS) is 16.0. The van der Waals surface area contributed by atoms with Crippen LogP contribution in [0.15, 0.2) is 111 Å². The van der Waals surface area contributed by atoms with E-state index in [0.29, 0.717) is 23.5 Å². The van der Waals surface area contributed by atoms with E-state index < -0.39 is 0 Å². The number of para-hydroxylation sites is 2. The second kappa shape index (κ2) is 9.45. The molecule has 2 aliphatic rings. The largest absolute Gasteiger partial charge is 0.493 e. The van der Waals surface area contributed by atoms with Gasteiger partial charge in [-0.25, -0.2) is 0 Å². The van der Waals surface area contributed by atoms with Crippen molar-refractivity contribution >= 4 is 46.4 Å². The van der Waals surface area contributed by atoms with Crippen molar-refractivity contribution in [2.75, 3.05) is 19.1 Å². The van der Waals surface area contributed by atoms with Crippen LogP contribution in [0, 0.1) is 0 Å². The Balaban J connectivity index is 1.35. The number of Topliss-reactive ketones (excluding diaryl/α,β-unsaturated/α-hetero) is 1. The summed E-state index contributed by atoms with van der Waals surface area (Å²) in [6.07, 6.45) is 0.602. The quantitative estimate of drug-likeness (QED) is 0.254. The van der Waals surface area contributed by atoms with Crippen LogP contribution in [-0.4, -0.2) is 20.0 Å². The van der Waals surface area contributed by atoms with Gasteiger partial charge in [-0.15, -0.1) is 0 Å². The van der Waals surface area contributed by atoms with Gasteiger partial charge in [0.2, 0.25) is 0 Å². The summed E-state index contributed by atoms with van der Waals surface area (Å²) >= 11 is 3.36. The number of allylic oxidation sites excluding steroid dienone is 1. The van der Waals surface area contributed by atoms with Crippen molar-refractivity contribution in [3.05, 3.63) is 112 Å². The molecule has 0 fully saturated rings. The van der Waals surface area contributed by atoms with E-state index in [1.807, 2.05) is 18.2 Å². The van der Waals surface area contributed by atoms with Gasteiger partial charge in [0.1, 0.15) is 0 Å². The number of carbonyl (C=O) groups is 1. The van der Waals surface area contributed by atoms with Crippen LogP contribution in [0.1, 0.15) is 15.9 Å². The van der Waals surface area contributed by atoms with Crippen LogP contribution in [0.2, 0.25) is 0 Å². The number of hydrogen-bond acceptors (Lipinski definition) is 6. The van der Waals surface area contributed by atoms with Gasteiger partial charge in [0.25, 0.3) is 0 Å². The fourth-order valence-corrected chi connectivity index (χ4v) is 7.20. The number of ketones is 1. The fourth-order valence-electron chi connectivity index (χ4n) is 4.62. The van der Waals surface area contributed by atoms with Crippen LogP contribution in [0.3, 0.4) is 0 Å². The maximum absolute atomic E-state index is 13.4. The number of fused-ring (bicyclic) bond motifs is 2. The topological polar surface area (TPSA) is 38.8 Å². The Kier molecular flexibility index (Phi) is 5.99. The molecule has 0 unspecified atom stereocenters. The van der Waals surface area contributed by atoms with Crippen molar-refractivity contribution < 1.29 is 14.3 Å². The highest BCUT2D eigenvalue weighted by Gasteiger charge is 2.33. The van der Waals surface area contributed by atoms with Gasteiger partial charge < -0.3 is 14.4 Å². The van der Waals surface area contributed by atoms with Crippen molar-refractivity contribution in [1.82, 2.24) is 0 Å². The standard InChI is InChI=1S/C30H23NO3S2/c1-33-25-16-19-15-24(29(32)23(19)18-26(25)34-2)30-35-27-14-13-22(17-28(27)36-30)31(20-9-5-3-6-10-20)21-11-7-4-8-12-21/h3-14,16-18H,15H2,1-2H3/b30-24+. The minimum absolute atomic E-state index is 0.0733. The lowest BCUT2D eigenvalue weighted by Gasteiger charge is -2.25. The van der Waals surface area contributed by atoms with Crippen molar-refractivity contribution in [3.8, 4) is 11.5 Å². The number of benzene rings is 4. The summed E-state index contributed by atoms with van der Waals surface area (Å²) in [4.78, 5) is 17.9. The molecule has 1 aliphatic heterocycles. The highest BCUT2D eigenvalue weighted by atomic mass is 32.2. The average Bonchev–Trinajstić information content (AvgIpc) is 3.49. The smallest absolute Gasteiger partial charge is 0.191 e. The van der Waals surface area contributed by atoms with Crippen LogP contribution < -0.4 is 14.4 Å². The van der Waals surface area contributed by atoms with E-state index in [9.17, 15) is 4.79 Å². The molecule has 0 radical (unpaired) electrons. The molecule has 0 N–H and O–H groups in total. The molecule has 4 aromatic carbocycles. The number of ether oxygens (including phenoxy) is 2. The van der Waals surface area contributed by atoms with Crippen molar-refractivity contribution in [2.45, 2.75) is 16.2 Å². The Morgan fingerprint density at radius 2 is 1.31 bits per heavy atom. The van der Waals surface area contributed by atoms with E-state index in [0.717, 1.165) is 37.3 Å². The third-order valence-corrected chi connectivity index (χ3v) is 8.99. The maximum Gasteiger partial charge on any atom is 0.191 e. The Morgan fingerprint density at radius 3 is 1.94 bits per heavy atom. The minimum atomic E-state index is 0.0733. The zero-order valence-corrected chi connectivity index (χ0v) is 21.5. The van der Waals surface area contributed by atoms with E-state index in [2.05, 4.69) is 71.6 Å². The number of methoxy groups -OCH3 is 2. The Bertz CT molecular complexity index is 1460. The van der Waals surface area contributed by atoms with Gasteiger partial charge in [0.05, 0.1) is 18.5 Å². The predicted octanol–water partition coefficient (Wildman–Crippen LogP) is 8.02. The molecule has 6 heteroatoms. The van der Waals surface area contributed by atoms with E-state index in [4.69, 9.17) is 9.47 Å². The zero-order chi connectivity index (χ0) is 24.6. The second-order valence-electron chi connectivity index (χ2n) is 8.48. The summed E-state index contributed by atoms with van der Waals surface area (Å²) in [6, 6.07) is 31.0. The summed E-state index contributed by atoms with van der Waals surface area (Å²) < 4.78 is 11.9. The molecule has 1 aliphatic carbocycles. The summed E-state index contributed by atoms with van der Waals surface area (Å²) in [5.74, 6) is 1.30. The van der Waals surface area contributed by atoms with E-state index >= 15 is 0 Å². The van der Waals surface area contributed by atoms with Crippen LogP contribution >= 0.6 is 23.5 Å². The highest BCUT2D eigenvalue weighted by Crippen LogP contribution is 2.55. The fraction of sp³-hybridized carbons (Fsp3) is 0.100.